The van der Waals surface area contributed by atoms with E-state index in [0.717, 1.165) is 59.9 Å². The zero-order valence-electron chi connectivity index (χ0n) is 39.3. The number of ketones is 2. The number of carbonyl (C=O) groups is 4. The van der Waals surface area contributed by atoms with Gasteiger partial charge in [-0.1, -0.05) is 74.6 Å². The zero-order valence-corrected chi connectivity index (χ0v) is 40.9. The molecule has 1 saturated heterocycles. The molecule has 1 aliphatic rings. The normalized spacial score (nSPS) is 12.7. The number of halogens is 3. The van der Waals surface area contributed by atoms with Gasteiger partial charge in [-0.25, -0.2) is 33.1 Å². The van der Waals surface area contributed by atoms with E-state index in [0.29, 0.717) is 52.6 Å². The van der Waals surface area contributed by atoms with E-state index in [1.54, 1.807) is 55.6 Å². The molecule has 0 saturated carbocycles. The van der Waals surface area contributed by atoms with Crippen LogP contribution in [0.2, 0.25) is 0 Å². The smallest absolute Gasteiger partial charge is 0.253 e. The van der Waals surface area contributed by atoms with E-state index in [9.17, 15) is 32.3 Å². The first-order chi connectivity index (χ1) is 33.7. The maximum Gasteiger partial charge on any atom is 0.253 e. The lowest BCUT2D eigenvalue weighted by molar-refractivity contribution is 0.0938. The number of likely N-dealkylation sites (N-methyl/N-ethyl adjacent to an activating group) is 1. The Morgan fingerprint density at radius 2 is 1.19 bits per heavy atom. The molecule has 1 aliphatic heterocycles. The molecule has 0 spiro atoms. The summed E-state index contributed by atoms with van der Waals surface area (Å²) in [7, 11) is 2.04. The highest BCUT2D eigenvalue weighted by Crippen LogP contribution is 2.32. The number of benzene rings is 2. The second kappa shape index (κ2) is 25.7. The first kappa shape index (κ1) is 53.3. The minimum atomic E-state index is -0.975. The SMILES string of the molecule is CC.CC.CN1CCCC1CNC(=O)c1ccc(Nc2nc(N)c(C(=O)c3c(F)cccc3F)s2)nc1.Cc1cccc(F)c1C(=O)c1sc(Nc2ccc(C(=O)NCc3ccccn3)cn2)nc1N. The van der Waals surface area contributed by atoms with E-state index in [2.05, 4.69) is 51.1 Å². The first-order valence-corrected chi connectivity index (χ1v) is 23.8. The van der Waals surface area contributed by atoms with Crippen LogP contribution in [0, 0.1) is 24.4 Å². The molecule has 366 valence electrons. The fraction of sp³-hybridized carbons (Fsp3) is 0.245. The highest BCUT2D eigenvalue weighted by Gasteiger charge is 2.26. The third-order valence-electron chi connectivity index (χ3n) is 10.2. The number of pyridine rings is 3. The summed E-state index contributed by atoms with van der Waals surface area (Å²) in [5, 5.41) is 12.1. The standard InChI is InChI=1S/C23H19FN6O2S.C22H22F2N6O2S.2C2H6/c1-13-5-4-7-16(24)18(13)19(31)20-21(25)30-23(33-20)29-17-9-8-14(11-27-17)22(32)28-12-15-6-2-3-10-26-15;1-30-9-3-4-13(30)11-27-21(32)12-7-8-16(26-10-12)28-22-29-20(25)19(33-22)18(31)17-14(23)5-2-6-15(17)24;2*1-2/h2-11H,12,25H2,1H3,(H,28,32)(H,27,29,30);2,5-8,10,13H,3-4,9,11,25H2,1H3,(H,27,32)(H,26,28,29);2*1-2H3. The van der Waals surface area contributed by atoms with E-state index in [-0.39, 0.29) is 43.9 Å². The Morgan fingerprint density at radius 1 is 0.671 bits per heavy atom. The molecule has 0 radical (unpaired) electrons. The molecular weight excluding hydrogens is 942 g/mol. The Morgan fingerprint density at radius 3 is 1.66 bits per heavy atom. The van der Waals surface area contributed by atoms with Gasteiger partial charge in [0.25, 0.3) is 11.8 Å². The summed E-state index contributed by atoms with van der Waals surface area (Å²) in [4.78, 5) is 73.1. The molecular formula is C49H53F3N12O4S2. The minimum Gasteiger partial charge on any atom is -0.382 e. The van der Waals surface area contributed by atoms with Crippen LogP contribution in [0.15, 0.2) is 97.5 Å². The number of aryl methyl sites for hydroxylation is 1. The fourth-order valence-corrected chi connectivity index (χ4v) is 8.38. The molecule has 6 heterocycles. The van der Waals surface area contributed by atoms with Crippen molar-refractivity contribution in [1.29, 1.82) is 0 Å². The Bertz CT molecular complexity index is 2840. The molecule has 1 fully saturated rings. The van der Waals surface area contributed by atoms with Crippen molar-refractivity contribution in [3.8, 4) is 0 Å². The van der Waals surface area contributed by atoms with Crippen LogP contribution >= 0.6 is 22.7 Å². The number of rotatable bonds is 14. The average molecular weight is 995 g/mol. The van der Waals surface area contributed by atoms with Gasteiger partial charge in [-0.2, -0.15) is 0 Å². The number of likely N-dealkylation sites (tertiary alicyclic amines) is 1. The van der Waals surface area contributed by atoms with Gasteiger partial charge in [0.1, 0.15) is 50.5 Å². The number of amides is 2. The van der Waals surface area contributed by atoms with Crippen LogP contribution in [-0.4, -0.2) is 79.4 Å². The van der Waals surface area contributed by atoms with Crippen molar-refractivity contribution < 1.29 is 32.3 Å². The number of thiazole rings is 2. The van der Waals surface area contributed by atoms with Gasteiger partial charge in [-0.3, -0.25) is 24.2 Å². The molecule has 8 N–H and O–H groups in total. The number of hydrogen-bond donors (Lipinski definition) is 6. The van der Waals surface area contributed by atoms with Gasteiger partial charge in [-0.15, -0.1) is 0 Å². The molecule has 8 rings (SSSR count). The number of nitrogen functional groups attached to an aromatic ring is 2. The summed E-state index contributed by atoms with van der Waals surface area (Å²) in [5.74, 6) is -3.85. The van der Waals surface area contributed by atoms with Crippen LogP contribution in [-0.2, 0) is 6.54 Å². The number of hydrogen-bond acceptors (Lipinski definition) is 16. The van der Waals surface area contributed by atoms with E-state index >= 15 is 0 Å². The Kier molecular flexibility index (Phi) is 19.6. The third-order valence-corrected chi connectivity index (χ3v) is 12.2. The van der Waals surface area contributed by atoms with Crippen LogP contribution in [0.3, 0.4) is 0 Å². The monoisotopic (exact) mass is 994 g/mol. The van der Waals surface area contributed by atoms with Crippen LogP contribution in [0.4, 0.5) is 46.7 Å². The summed E-state index contributed by atoms with van der Waals surface area (Å²) >= 11 is 1.85. The number of nitrogens with zero attached hydrogens (tertiary/aromatic N) is 6. The molecule has 21 heteroatoms. The predicted molar refractivity (Wildman–Crippen MR) is 269 cm³/mol. The first-order valence-electron chi connectivity index (χ1n) is 22.2. The number of nitrogens with one attached hydrogen (secondary N) is 4. The van der Waals surface area contributed by atoms with Crippen molar-refractivity contribution in [3.05, 3.63) is 158 Å². The van der Waals surface area contributed by atoms with Crippen molar-refractivity contribution >= 4 is 79.6 Å². The number of nitrogens with two attached hydrogens (primary N) is 2. The lowest BCUT2D eigenvalue weighted by Gasteiger charge is -2.19. The van der Waals surface area contributed by atoms with Crippen LogP contribution < -0.4 is 32.7 Å². The van der Waals surface area contributed by atoms with Gasteiger partial charge in [0.05, 0.1) is 34.5 Å². The minimum absolute atomic E-state index is 0.000623. The Labute approximate surface area is 411 Å². The molecule has 0 aliphatic carbocycles. The molecule has 1 unspecified atom stereocenters. The van der Waals surface area contributed by atoms with Gasteiger partial charge in [0.2, 0.25) is 11.6 Å². The third kappa shape index (κ3) is 13.8. The second-order valence-corrected chi connectivity index (χ2v) is 16.8. The van der Waals surface area contributed by atoms with Crippen LogP contribution in [0.25, 0.3) is 0 Å². The van der Waals surface area contributed by atoms with Gasteiger partial charge < -0.3 is 37.6 Å². The molecule has 7 aromatic rings. The second-order valence-electron chi connectivity index (χ2n) is 14.8. The van der Waals surface area contributed by atoms with E-state index in [4.69, 9.17) is 11.5 Å². The zero-order chi connectivity index (χ0) is 50.9. The topological polar surface area (TPSA) is 236 Å². The number of anilines is 6. The van der Waals surface area contributed by atoms with E-state index in [1.165, 1.54) is 24.5 Å². The quantitative estimate of drug-likeness (QED) is 0.0558. The number of aromatic nitrogens is 5. The molecule has 16 nitrogen and oxygen atoms in total. The van der Waals surface area contributed by atoms with Gasteiger partial charge in [0.15, 0.2) is 10.3 Å². The fourth-order valence-electron chi connectivity index (χ4n) is 6.71. The lowest BCUT2D eigenvalue weighted by atomic mass is 10.0. The van der Waals surface area contributed by atoms with Crippen molar-refractivity contribution in [1.82, 2.24) is 40.5 Å². The summed E-state index contributed by atoms with van der Waals surface area (Å²) in [5.41, 5.74) is 13.1. The predicted octanol–water partition coefficient (Wildman–Crippen LogP) is 9.12. The van der Waals surface area contributed by atoms with E-state index < -0.39 is 34.6 Å². The largest absolute Gasteiger partial charge is 0.382 e. The molecule has 5 aromatic heterocycles. The van der Waals surface area contributed by atoms with Gasteiger partial charge in [-0.05, 0) is 93.5 Å². The highest BCUT2D eigenvalue weighted by molar-refractivity contribution is 7.18. The van der Waals surface area contributed by atoms with Crippen LogP contribution in [0.5, 0.6) is 0 Å². The maximum atomic E-state index is 14.2. The molecule has 0 bridgehead atoms. The summed E-state index contributed by atoms with van der Waals surface area (Å²) in [6.07, 6.45) is 6.69. The molecule has 1 atom stereocenters. The Hall–Kier alpha value is -7.62. The average Bonchev–Trinajstić information content (AvgIpc) is 4.08. The van der Waals surface area contributed by atoms with Gasteiger partial charge >= 0.3 is 0 Å². The van der Waals surface area contributed by atoms with Gasteiger partial charge in [0, 0.05) is 31.2 Å². The Balaban J connectivity index is 0.000000244. The van der Waals surface area contributed by atoms with Crippen molar-refractivity contribution in [2.75, 3.05) is 42.2 Å². The van der Waals surface area contributed by atoms with Crippen molar-refractivity contribution in [3.63, 3.8) is 0 Å². The molecule has 70 heavy (non-hydrogen) atoms. The lowest BCUT2D eigenvalue weighted by Crippen LogP contribution is -2.38. The van der Waals surface area contributed by atoms with Crippen LogP contribution in [0.1, 0.15) is 103 Å². The molecule has 2 aromatic carbocycles. The van der Waals surface area contributed by atoms with E-state index in [1.807, 2.05) is 46.9 Å². The van der Waals surface area contributed by atoms with Crippen molar-refractivity contribution in [2.24, 2.45) is 0 Å². The molecule has 2 amide bonds. The maximum absolute atomic E-state index is 14.2. The summed E-state index contributed by atoms with van der Waals surface area (Å²) < 4.78 is 42.1. The summed E-state index contributed by atoms with van der Waals surface area (Å²) in [6.45, 7) is 11.6. The number of carbonyl (C=O) groups excluding carboxylic acids is 4. The summed E-state index contributed by atoms with van der Waals surface area (Å²) in [6, 6.07) is 19.8. The highest BCUT2D eigenvalue weighted by atomic mass is 32.1. The van der Waals surface area contributed by atoms with Crippen molar-refractivity contribution in [2.45, 2.75) is 60.0 Å².